The number of hydrogen-bond acceptors (Lipinski definition) is 5. The summed E-state index contributed by atoms with van der Waals surface area (Å²) < 4.78 is 27.5. The molecule has 1 aromatic rings. The van der Waals surface area contributed by atoms with Crippen molar-refractivity contribution in [3.63, 3.8) is 0 Å². The first kappa shape index (κ1) is 20.8. The first-order chi connectivity index (χ1) is 13.6. The van der Waals surface area contributed by atoms with Crippen LogP contribution in [0.4, 0.5) is 0 Å². The van der Waals surface area contributed by atoms with Crippen LogP contribution in [0.2, 0.25) is 0 Å². The Bertz CT molecular complexity index is 883. The monoisotopic (exact) mass is 420 g/mol. The number of carbonyl (C=O) groups excluding carboxylic acids is 1. The number of benzene rings is 1. The Kier molecular flexibility index (Phi) is 5.07. The molecule has 2 aliphatic carbocycles. The Labute approximate surface area is 174 Å². The van der Waals surface area contributed by atoms with Gasteiger partial charge in [-0.3, -0.25) is 9.63 Å². The topological polar surface area (TPSA) is 75.7 Å². The van der Waals surface area contributed by atoms with Gasteiger partial charge in [-0.25, -0.2) is 12.7 Å². The second-order valence-corrected chi connectivity index (χ2v) is 11.7. The summed E-state index contributed by atoms with van der Waals surface area (Å²) in [7, 11) is -3.63. The lowest BCUT2D eigenvalue weighted by Gasteiger charge is -2.37. The van der Waals surface area contributed by atoms with Gasteiger partial charge in [0.15, 0.2) is 0 Å². The zero-order chi connectivity index (χ0) is 21.0. The highest BCUT2D eigenvalue weighted by atomic mass is 32.2. The lowest BCUT2D eigenvalue weighted by Crippen LogP contribution is -2.53. The molecule has 0 aromatic heterocycles. The van der Waals surface area contributed by atoms with Crippen molar-refractivity contribution in [2.24, 2.45) is 22.7 Å². The normalized spacial score (nSPS) is 32.5. The fourth-order valence-electron chi connectivity index (χ4n) is 5.98. The first-order valence-electron chi connectivity index (χ1n) is 10.6. The van der Waals surface area contributed by atoms with Crippen LogP contribution < -0.4 is 5.48 Å². The maximum absolute atomic E-state index is 13.5. The van der Waals surface area contributed by atoms with Crippen LogP contribution in [0, 0.1) is 22.7 Å². The van der Waals surface area contributed by atoms with Crippen LogP contribution in [0.25, 0.3) is 0 Å². The van der Waals surface area contributed by atoms with Gasteiger partial charge >= 0.3 is 0 Å². The van der Waals surface area contributed by atoms with Crippen molar-refractivity contribution in [1.82, 2.24) is 9.79 Å². The van der Waals surface area contributed by atoms with Gasteiger partial charge in [-0.1, -0.05) is 58.0 Å². The summed E-state index contributed by atoms with van der Waals surface area (Å²) in [5.41, 5.74) is 3.49. The molecule has 160 valence electrons. The predicted octanol–water partition coefficient (Wildman–Crippen LogP) is 3.10. The van der Waals surface area contributed by atoms with Crippen molar-refractivity contribution in [3.8, 4) is 0 Å². The zero-order valence-electron chi connectivity index (χ0n) is 17.7. The minimum atomic E-state index is -3.63. The van der Waals surface area contributed by atoms with E-state index in [1.807, 2.05) is 44.2 Å². The van der Waals surface area contributed by atoms with E-state index in [0.717, 1.165) is 24.8 Å². The van der Waals surface area contributed by atoms with E-state index < -0.39 is 16.1 Å². The second-order valence-electron chi connectivity index (χ2n) is 9.87. The number of amides is 1. The number of rotatable bonds is 6. The average molecular weight is 421 g/mol. The molecular weight excluding hydrogens is 388 g/mol. The lowest BCUT2D eigenvalue weighted by atomic mass is 9.69. The quantitative estimate of drug-likeness (QED) is 0.716. The van der Waals surface area contributed by atoms with E-state index in [1.54, 1.807) is 0 Å². The third-order valence-corrected chi connectivity index (χ3v) is 9.77. The molecule has 2 saturated carbocycles. The molecule has 1 aliphatic heterocycles. The number of carbonyl (C=O) groups is 1. The van der Waals surface area contributed by atoms with Crippen LogP contribution in [0.15, 0.2) is 30.3 Å². The van der Waals surface area contributed by atoms with Gasteiger partial charge in [-0.15, -0.1) is 0 Å². The molecule has 6 nitrogen and oxygen atoms in total. The molecular formula is C22H32N2O4S. The second kappa shape index (κ2) is 7.06. The largest absolute Gasteiger partial charge is 0.296 e. The van der Waals surface area contributed by atoms with Crippen LogP contribution in [0.1, 0.15) is 52.5 Å². The van der Waals surface area contributed by atoms with Gasteiger partial charge in [-0.2, -0.15) is 5.48 Å². The summed E-state index contributed by atoms with van der Waals surface area (Å²) >= 11 is 0. The molecule has 4 atom stereocenters. The summed E-state index contributed by atoms with van der Waals surface area (Å²) in [5.74, 6) is 0.100. The van der Waals surface area contributed by atoms with E-state index in [4.69, 9.17) is 4.84 Å². The van der Waals surface area contributed by atoms with Crippen LogP contribution in [0.3, 0.4) is 0 Å². The van der Waals surface area contributed by atoms with Crippen molar-refractivity contribution in [2.45, 2.75) is 65.6 Å². The molecule has 1 saturated heterocycles. The molecule has 4 rings (SSSR count). The molecule has 2 bridgehead atoms. The van der Waals surface area contributed by atoms with Gasteiger partial charge in [0.25, 0.3) is 5.91 Å². The summed E-state index contributed by atoms with van der Waals surface area (Å²) in [4.78, 5) is 19.1. The van der Waals surface area contributed by atoms with Gasteiger partial charge in [0.05, 0.1) is 18.4 Å². The average Bonchev–Trinajstić information content (AvgIpc) is 3.13. The van der Waals surface area contributed by atoms with E-state index >= 15 is 0 Å². The Morgan fingerprint density at radius 2 is 1.97 bits per heavy atom. The maximum Gasteiger partial charge on any atom is 0.256 e. The summed E-state index contributed by atoms with van der Waals surface area (Å²) in [6.07, 6.45) is 2.74. The van der Waals surface area contributed by atoms with E-state index in [9.17, 15) is 13.2 Å². The summed E-state index contributed by atoms with van der Waals surface area (Å²) in [6.45, 7) is 8.51. The zero-order valence-corrected chi connectivity index (χ0v) is 18.5. The minimum absolute atomic E-state index is 0.0513. The molecule has 1 N–H and O–H groups in total. The smallest absolute Gasteiger partial charge is 0.256 e. The Morgan fingerprint density at radius 3 is 2.59 bits per heavy atom. The molecule has 29 heavy (non-hydrogen) atoms. The fraction of sp³-hybridized carbons (Fsp3) is 0.682. The van der Waals surface area contributed by atoms with Gasteiger partial charge in [-0.05, 0) is 42.1 Å². The van der Waals surface area contributed by atoms with Crippen LogP contribution in [-0.2, 0) is 26.3 Å². The number of hydroxylamine groups is 1. The molecule has 3 aliphatic rings. The number of fused-ring (bicyclic) bond motifs is 1. The van der Waals surface area contributed by atoms with Crippen LogP contribution in [-0.4, -0.2) is 36.5 Å². The highest BCUT2D eigenvalue weighted by Gasteiger charge is 2.72. The third-order valence-electron chi connectivity index (χ3n) is 7.85. The summed E-state index contributed by atoms with van der Waals surface area (Å²) in [5, 5.41) is 0. The van der Waals surface area contributed by atoms with Crippen molar-refractivity contribution < 1.29 is 18.0 Å². The highest BCUT2D eigenvalue weighted by Crippen LogP contribution is 2.70. The van der Waals surface area contributed by atoms with Crippen molar-refractivity contribution in [1.29, 1.82) is 0 Å². The van der Waals surface area contributed by atoms with E-state index in [2.05, 4.69) is 19.3 Å². The van der Waals surface area contributed by atoms with Gasteiger partial charge < -0.3 is 0 Å². The number of sulfonamides is 1. The molecule has 1 spiro atoms. The van der Waals surface area contributed by atoms with Crippen LogP contribution >= 0.6 is 0 Å². The SMILES string of the molecule is CC(C)[C@@H](NOCc1ccccc1)C(=O)N1[C@H]2C[C@@H]3CC[C@@]2(CS1(=O)=O)C3(C)C. The van der Waals surface area contributed by atoms with E-state index in [1.165, 1.54) is 4.31 Å². The van der Waals surface area contributed by atoms with Gasteiger partial charge in [0, 0.05) is 5.41 Å². The number of nitrogens with one attached hydrogen (secondary N) is 1. The van der Waals surface area contributed by atoms with Gasteiger partial charge in [0.1, 0.15) is 6.04 Å². The van der Waals surface area contributed by atoms with Crippen molar-refractivity contribution in [2.75, 3.05) is 5.75 Å². The summed E-state index contributed by atoms with van der Waals surface area (Å²) in [6, 6.07) is 8.76. The molecule has 1 amide bonds. The lowest BCUT2D eigenvalue weighted by molar-refractivity contribution is -0.138. The first-order valence-corrected chi connectivity index (χ1v) is 12.2. The van der Waals surface area contributed by atoms with Crippen molar-refractivity contribution >= 4 is 15.9 Å². The third kappa shape index (κ3) is 3.13. The molecule has 1 aromatic carbocycles. The maximum atomic E-state index is 13.5. The standard InChI is InChI=1S/C22H32N2O4S/c1-15(2)19(23-28-13-16-8-6-5-7-9-16)20(25)24-18-12-17-10-11-22(18,21(17,3)4)14-29(24,26)27/h5-9,15,17-19,23H,10-14H2,1-4H3/t17-,18-,19+,22-/m0/s1. The predicted molar refractivity (Wildman–Crippen MR) is 111 cm³/mol. The van der Waals surface area contributed by atoms with E-state index in [-0.39, 0.29) is 34.4 Å². The Morgan fingerprint density at radius 1 is 1.28 bits per heavy atom. The molecule has 7 heteroatoms. The van der Waals surface area contributed by atoms with E-state index in [0.29, 0.717) is 12.5 Å². The van der Waals surface area contributed by atoms with Crippen LogP contribution in [0.5, 0.6) is 0 Å². The Hall–Kier alpha value is -1.44. The molecule has 0 unspecified atom stereocenters. The molecule has 3 fully saturated rings. The molecule has 0 radical (unpaired) electrons. The Balaban J connectivity index is 1.53. The minimum Gasteiger partial charge on any atom is -0.296 e. The number of hydrogen-bond donors (Lipinski definition) is 1. The fourth-order valence-corrected chi connectivity index (χ4v) is 8.54. The van der Waals surface area contributed by atoms with Gasteiger partial charge in [0.2, 0.25) is 10.0 Å². The highest BCUT2D eigenvalue weighted by molar-refractivity contribution is 7.90. The van der Waals surface area contributed by atoms with Crippen molar-refractivity contribution in [3.05, 3.63) is 35.9 Å². The number of nitrogens with zero attached hydrogens (tertiary/aromatic N) is 1. The molecule has 1 heterocycles.